The molecule has 1 aliphatic rings. The van der Waals surface area contributed by atoms with Crippen LogP contribution in [0.15, 0.2) is 42.5 Å². The first-order chi connectivity index (χ1) is 11.9. The molecule has 0 fully saturated rings. The minimum atomic E-state index is -0.610. The first-order valence-corrected chi connectivity index (χ1v) is 8.37. The monoisotopic (exact) mass is 340 g/mol. The van der Waals surface area contributed by atoms with Crippen LogP contribution in [0.25, 0.3) is 0 Å². The molecule has 0 bridgehead atoms. The minimum absolute atomic E-state index is 0.0455. The second-order valence-electron chi connectivity index (χ2n) is 6.83. The molecule has 5 heteroatoms. The van der Waals surface area contributed by atoms with Gasteiger partial charge in [0.2, 0.25) is 11.8 Å². The van der Waals surface area contributed by atoms with Gasteiger partial charge in [-0.15, -0.1) is 0 Å². The summed E-state index contributed by atoms with van der Waals surface area (Å²) in [5, 5.41) is 5.69. The summed E-state index contributed by atoms with van der Waals surface area (Å²) in [7, 11) is 0. The molecule has 130 valence electrons. The van der Waals surface area contributed by atoms with Gasteiger partial charge in [0.15, 0.2) is 0 Å². The molecule has 1 aliphatic heterocycles. The van der Waals surface area contributed by atoms with Crippen LogP contribution in [0.2, 0.25) is 0 Å². The van der Waals surface area contributed by atoms with E-state index in [1.165, 1.54) is 6.07 Å². The molecule has 2 aromatic rings. The quantitative estimate of drug-likeness (QED) is 0.864. The molecule has 0 saturated carbocycles. The SMILES string of the molecule is CC1(C)C(=O)Nc2ccc(NC(=O)CCCc3ccccc3F)cc21. The zero-order chi connectivity index (χ0) is 18.0. The van der Waals surface area contributed by atoms with Crippen molar-refractivity contribution in [1.82, 2.24) is 0 Å². The Labute approximate surface area is 146 Å². The van der Waals surface area contributed by atoms with E-state index in [1.807, 2.05) is 19.9 Å². The first-order valence-electron chi connectivity index (χ1n) is 8.37. The third-order valence-corrected chi connectivity index (χ3v) is 4.60. The number of amides is 2. The summed E-state index contributed by atoms with van der Waals surface area (Å²) in [6.07, 6.45) is 1.41. The average molecular weight is 340 g/mol. The Balaban J connectivity index is 1.58. The van der Waals surface area contributed by atoms with Gasteiger partial charge in [-0.25, -0.2) is 4.39 Å². The Morgan fingerprint density at radius 3 is 2.72 bits per heavy atom. The molecule has 0 spiro atoms. The van der Waals surface area contributed by atoms with Gasteiger partial charge in [0.1, 0.15) is 5.82 Å². The van der Waals surface area contributed by atoms with Crippen molar-refractivity contribution in [3.63, 3.8) is 0 Å². The van der Waals surface area contributed by atoms with Gasteiger partial charge < -0.3 is 10.6 Å². The molecule has 0 saturated heterocycles. The second-order valence-corrected chi connectivity index (χ2v) is 6.83. The van der Waals surface area contributed by atoms with Crippen molar-refractivity contribution >= 4 is 23.2 Å². The van der Waals surface area contributed by atoms with Gasteiger partial charge >= 0.3 is 0 Å². The smallest absolute Gasteiger partial charge is 0.234 e. The minimum Gasteiger partial charge on any atom is -0.326 e. The molecule has 3 rings (SSSR count). The summed E-state index contributed by atoms with van der Waals surface area (Å²) in [5.41, 5.74) is 2.34. The van der Waals surface area contributed by atoms with Gasteiger partial charge in [0.05, 0.1) is 5.41 Å². The summed E-state index contributed by atoms with van der Waals surface area (Å²) >= 11 is 0. The first kappa shape index (κ1) is 17.1. The average Bonchev–Trinajstić information content (AvgIpc) is 2.79. The molecule has 4 nitrogen and oxygen atoms in total. The lowest BCUT2D eigenvalue weighted by Crippen LogP contribution is -2.26. The van der Waals surface area contributed by atoms with Crippen LogP contribution in [0.1, 0.15) is 37.8 Å². The van der Waals surface area contributed by atoms with Crippen LogP contribution in [-0.2, 0) is 21.4 Å². The van der Waals surface area contributed by atoms with E-state index >= 15 is 0 Å². The van der Waals surface area contributed by atoms with E-state index in [4.69, 9.17) is 0 Å². The van der Waals surface area contributed by atoms with Crippen molar-refractivity contribution in [3.8, 4) is 0 Å². The highest BCUT2D eigenvalue weighted by atomic mass is 19.1. The molecule has 0 radical (unpaired) electrons. The molecule has 2 aromatic carbocycles. The van der Waals surface area contributed by atoms with E-state index in [2.05, 4.69) is 10.6 Å². The molecule has 0 atom stereocenters. The second kappa shape index (κ2) is 6.67. The van der Waals surface area contributed by atoms with Gasteiger partial charge in [-0.2, -0.15) is 0 Å². The molecule has 25 heavy (non-hydrogen) atoms. The number of carbonyl (C=O) groups excluding carboxylic acids is 2. The molecule has 0 aliphatic carbocycles. The topological polar surface area (TPSA) is 58.2 Å². The lowest BCUT2D eigenvalue weighted by atomic mass is 9.86. The molecule has 0 unspecified atom stereocenters. The number of rotatable bonds is 5. The predicted octanol–water partition coefficient (Wildman–Crippen LogP) is 4.02. The van der Waals surface area contributed by atoms with Crippen LogP contribution in [0, 0.1) is 5.82 Å². The van der Waals surface area contributed by atoms with Crippen LogP contribution >= 0.6 is 0 Å². The molecule has 2 N–H and O–H groups in total. The van der Waals surface area contributed by atoms with Gasteiger partial charge in [0.25, 0.3) is 0 Å². The zero-order valence-corrected chi connectivity index (χ0v) is 14.4. The molecule has 1 heterocycles. The van der Waals surface area contributed by atoms with Crippen molar-refractivity contribution in [2.75, 3.05) is 10.6 Å². The highest BCUT2D eigenvalue weighted by Gasteiger charge is 2.38. The molecular weight excluding hydrogens is 319 g/mol. The Kier molecular flexibility index (Phi) is 4.57. The maximum Gasteiger partial charge on any atom is 0.234 e. The Hall–Kier alpha value is -2.69. The normalized spacial score (nSPS) is 14.8. The number of fused-ring (bicyclic) bond motifs is 1. The standard InChI is InChI=1S/C20H21FN2O2/c1-20(2)15-12-14(10-11-17(15)23-19(20)25)22-18(24)9-5-7-13-6-3-4-8-16(13)21/h3-4,6,8,10-12H,5,7,9H2,1-2H3,(H,22,24)(H,23,25). The maximum absolute atomic E-state index is 13.6. The molecule has 0 aromatic heterocycles. The lowest BCUT2D eigenvalue weighted by molar-refractivity contribution is -0.119. The van der Waals surface area contributed by atoms with Crippen LogP contribution in [0.5, 0.6) is 0 Å². The van der Waals surface area contributed by atoms with E-state index in [0.717, 1.165) is 11.3 Å². The van der Waals surface area contributed by atoms with Crippen LogP contribution in [-0.4, -0.2) is 11.8 Å². The lowest BCUT2D eigenvalue weighted by Gasteiger charge is -2.16. The fraction of sp³-hybridized carbons (Fsp3) is 0.300. The van der Waals surface area contributed by atoms with Gasteiger partial charge in [0, 0.05) is 17.8 Å². The van der Waals surface area contributed by atoms with Crippen molar-refractivity contribution in [1.29, 1.82) is 0 Å². The number of hydrogen-bond acceptors (Lipinski definition) is 2. The predicted molar refractivity (Wildman–Crippen MR) is 96.1 cm³/mol. The van der Waals surface area contributed by atoms with E-state index in [0.29, 0.717) is 30.5 Å². The maximum atomic E-state index is 13.6. The van der Waals surface area contributed by atoms with Crippen LogP contribution in [0.3, 0.4) is 0 Å². The molecule has 2 amide bonds. The third kappa shape index (κ3) is 3.55. The van der Waals surface area contributed by atoms with Gasteiger partial charge in [-0.05, 0) is 62.1 Å². The van der Waals surface area contributed by atoms with Gasteiger partial charge in [-0.3, -0.25) is 9.59 Å². The highest BCUT2D eigenvalue weighted by Crippen LogP contribution is 2.38. The van der Waals surface area contributed by atoms with E-state index in [1.54, 1.807) is 30.3 Å². The van der Waals surface area contributed by atoms with Crippen LogP contribution < -0.4 is 10.6 Å². The zero-order valence-electron chi connectivity index (χ0n) is 14.4. The number of halogens is 1. The van der Waals surface area contributed by atoms with Gasteiger partial charge in [-0.1, -0.05) is 18.2 Å². The van der Waals surface area contributed by atoms with Crippen LogP contribution in [0.4, 0.5) is 15.8 Å². The van der Waals surface area contributed by atoms with E-state index < -0.39 is 5.41 Å². The summed E-state index contributed by atoms with van der Waals surface area (Å²) in [6, 6.07) is 12.0. The van der Waals surface area contributed by atoms with E-state index in [9.17, 15) is 14.0 Å². The number of hydrogen-bond donors (Lipinski definition) is 2. The Morgan fingerprint density at radius 1 is 1.20 bits per heavy atom. The summed E-state index contributed by atoms with van der Waals surface area (Å²) < 4.78 is 13.6. The van der Waals surface area contributed by atoms with Crippen molar-refractivity contribution < 1.29 is 14.0 Å². The number of nitrogens with one attached hydrogen (secondary N) is 2. The summed E-state index contributed by atoms with van der Waals surface area (Å²) in [5.74, 6) is -0.400. The fourth-order valence-electron chi connectivity index (χ4n) is 3.01. The number of benzene rings is 2. The third-order valence-electron chi connectivity index (χ3n) is 4.60. The largest absolute Gasteiger partial charge is 0.326 e. The Morgan fingerprint density at radius 2 is 1.96 bits per heavy atom. The number of carbonyl (C=O) groups is 2. The van der Waals surface area contributed by atoms with Crippen molar-refractivity contribution in [2.24, 2.45) is 0 Å². The highest BCUT2D eigenvalue weighted by molar-refractivity contribution is 6.06. The van der Waals surface area contributed by atoms with E-state index in [-0.39, 0.29) is 17.6 Å². The van der Waals surface area contributed by atoms with Crippen molar-refractivity contribution in [2.45, 2.75) is 38.5 Å². The fourth-order valence-corrected chi connectivity index (χ4v) is 3.01. The van der Waals surface area contributed by atoms with Crippen molar-refractivity contribution in [3.05, 3.63) is 59.4 Å². The Bertz CT molecular complexity index is 830. The summed E-state index contributed by atoms with van der Waals surface area (Å²) in [4.78, 5) is 24.1. The number of aryl methyl sites for hydroxylation is 1. The molecular formula is C20H21FN2O2. The number of anilines is 2. The summed E-state index contributed by atoms with van der Waals surface area (Å²) in [6.45, 7) is 3.71.